The summed E-state index contributed by atoms with van der Waals surface area (Å²) >= 11 is 0. The van der Waals surface area contributed by atoms with Gasteiger partial charge in [-0.1, -0.05) is 18.2 Å². The molecular weight excluding hydrogens is 378 g/mol. The Morgan fingerprint density at radius 2 is 1.93 bits per heavy atom. The van der Waals surface area contributed by atoms with E-state index in [9.17, 15) is 8.42 Å². The zero-order valence-electron chi connectivity index (χ0n) is 16.3. The van der Waals surface area contributed by atoms with Crippen molar-refractivity contribution in [3.63, 3.8) is 0 Å². The number of ether oxygens (including phenoxy) is 1. The predicted molar refractivity (Wildman–Crippen MR) is 110 cm³/mol. The molecule has 0 spiro atoms. The minimum absolute atomic E-state index is 0.0839. The van der Waals surface area contributed by atoms with Crippen molar-refractivity contribution in [1.82, 2.24) is 10.6 Å². The van der Waals surface area contributed by atoms with Crippen LogP contribution in [0.5, 0.6) is 0 Å². The molecule has 0 amide bonds. The molecule has 2 rings (SSSR count). The first-order chi connectivity index (χ1) is 13.6. The second-order valence-electron chi connectivity index (χ2n) is 6.16. The molecule has 0 aliphatic rings. The van der Waals surface area contributed by atoms with E-state index in [4.69, 9.17) is 9.15 Å². The molecule has 0 unspecified atom stereocenters. The fraction of sp³-hybridized carbons (Fsp3) is 0.450. The van der Waals surface area contributed by atoms with E-state index in [2.05, 4.69) is 15.6 Å². The maximum absolute atomic E-state index is 12.3. The van der Waals surface area contributed by atoms with Gasteiger partial charge in [0.25, 0.3) is 0 Å². The Morgan fingerprint density at radius 3 is 2.64 bits per heavy atom. The average Bonchev–Trinajstić information content (AvgIpc) is 3.22. The number of aliphatic imine (C=N–C) groups is 1. The molecule has 0 radical (unpaired) electrons. The highest BCUT2D eigenvalue weighted by atomic mass is 32.2. The van der Waals surface area contributed by atoms with E-state index < -0.39 is 9.84 Å². The summed E-state index contributed by atoms with van der Waals surface area (Å²) < 4.78 is 35.3. The van der Waals surface area contributed by atoms with Gasteiger partial charge in [-0.15, -0.1) is 0 Å². The van der Waals surface area contributed by atoms with E-state index in [1.54, 1.807) is 36.6 Å². The highest BCUT2D eigenvalue weighted by molar-refractivity contribution is 7.91. The van der Waals surface area contributed by atoms with Gasteiger partial charge in [0.1, 0.15) is 12.4 Å². The Labute approximate surface area is 167 Å². The van der Waals surface area contributed by atoms with Crippen LogP contribution >= 0.6 is 0 Å². The molecule has 1 aromatic heterocycles. The van der Waals surface area contributed by atoms with Crippen LogP contribution in [0.4, 0.5) is 0 Å². The van der Waals surface area contributed by atoms with Crippen LogP contribution in [0, 0.1) is 0 Å². The van der Waals surface area contributed by atoms with E-state index in [0.29, 0.717) is 43.6 Å². The van der Waals surface area contributed by atoms with Crippen LogP contribution in [0.1, 0.15) is 25.5 Å². The highest BCUT2D eigenvalue weighted by Crippen LogP contribution is 2.11. The van der Waals surface area contributed by atoms with E-state index in [0.717, 1.165) is 18.7 Å². The van der Waals surface area contributed by atoms with Crippen LogP contribution in [-0.2, 0) is 21.2 Å². The average molecular weight is 408 g/mol. The number of nitrogens with one attached hydrogen (secondary N) is 2. The second kappa shape index (κ2) is 12.2. The van der Waals surface area contributed by atoms with Crippen molar-refractivity contribution in [3.8, 4) is 0 Å². The van der Waals surface area contributed by atoms with E-state index in [1.807, 2.05) is 19.1 Å². The molecule has 28 heavy (non-hydrogen) atoms. The molecule has 7 nitrogen and oxygen atoms in total. The molecule has 8 heteroatoms. The van der Waals surface area contributed by atoms with Gasteiger partial charge in [-0.2, -0.15) is 0 Å². The third-order valence-corrected chi connectivity index (χ3v) is 5.69. The third kappa shape index (κ3) is 8.14. The van der Waals surface area contributed by atoms with Crippen LogP contribution in [0.15, 0.2) is 63.0 Å². The van der Waals surface area contributed by atoms with Gasteiger partial charge in [-0.05, 0) is 44.0 Å². The van der Waals surface area contributed by atoms with Crippen LogP contribution in [0.2, 0.25) is 0 Å². The number of benzene rings is 1. The van der Waals surface area contributed by atoms with Crippen molar-refractivity contribution >= 4 is 15.8 Å². The summed E-state index contributed by atoms with van der Waals surface area (Å²) in [5, 5.41) is 6.39. The second-order valence-corrected chi connectivity index (χ2v) is 8.27. The Kier molecular flexibility index (Phi) is 9.57. The fourth-order valence-corrected chi connectivity index (χ4v) is 3.80. The van der Waals surface area contributed by atoms with Gasteiger partial charge in [0.2, 0.25) is 0 Å². The van der Waals surface area contributed by atoms with Gasteiger partial charge in [0.05, 0.1) is 16.9 Å². The predicted octanol–water partition coefficient (Wildman–Crippen LogP) is 2.61. The number of furan rings is 1. The number of hydrogen-bond acceptors (Lipinski definition) is 5. The Hall–Kier alpha value is -2.32. The quantitative estimate of drug-likeness (QED) is 0.319. The number of guanidine groups is 1. The summed E-state index contributed by atoms with van der Waals surface area (Å²) in [5.41, 5.74) is 0. The topological polar surface area (TPSA) is 92.9 Å². The molecule has 0 atom stereocenters. The molecule has 2 aromatic rings. The van der Waals surface area contributed by atoms with Crippen LogP contribution in [-0.4, -0.2) is 46.4 Å². The minimum Gasteiger partial charge on any atom is -0.467 e. The summed E-state index contributed by atoms with van der Waals surface area (Å²) in [6.45, 7) is 4.97. The molecule has 0 saturated heterocycles. The minimum atomic E-state index is -3.25. The van der Waals surface area contributed by atoms with Crippen molar-refractivity contribution in [2.24, 2.45) is 4.99 Å². The molecule has 2 N–H and O–H groups in total. The maximum Gasteiger partial charge on any atom is 0.191 e. The lowest BCUT2D eigenvalue weighted by atomic mass is 10.4. The highest BCUT2D eigenvalue weighted by Gasteiger charge is 2.12. The summed E-state index contributed by atoms with van der Waals surface area (Å²) in [6.07, 6.45) is 2.93. The molecule has 0 aliphatic carbocycles. The molecule has 1 aromatic carbocycles. The first-order valence-electron chi connectivity index (χ1n) is 9.52. The van der Waals surface area contributed by atoms with Crippen LogP contribution in [0.3, 0.4) is 0 Å². The molecule has 0 fully saturated rings. The Bertz CT molecular complexity index is 790. The van der Waals surface area contributed by atoms with E-state index in [1.165, 1.54) is 0 Å². The Balaban J connectivity index is 1.65. The van der Waals surface area contributed by atoms with Crippen molar-refractivity contribution in [3.05, 3.63) is 54.5 Å². The van der Waals surface area contributed by atoms with Crippen molar-refractivity contribution in [2.45, 2.75) is 31.3 Å². The maximum atomic E-state index is 12.3. The van der Waals surface area contributed by atoms with Gasteiger partial charge in [-0.3, -0.25) is 4.99 Å². The fourth-order valence-electron chi connectivity index (χ4n) is 2.48. The lowest BCUT2D eigenvalue weighted by Gasteiger charge is -2.11. The molecule has 0 bridgehead atoms. The molecule has 1 heterocycles. The third-order valence-electron chi connectivity index (χ3n) is 3.87. The lowest BCUT2D eigenvalue weighted by molar-refractivity contribution is 0.105. The largest absolute Gasteiger partial charge is 0.467 e. The summed E-state index contributed by atoms with van der Waals surface area (Å²) in [4.78, 5) is 4.80. The molecule has 0 saturated carbocycles. The smallest absolute Gasteiger partial charge is 0.191 e. The summed E-state index contributed by atoms with van der Waals surface area (Å²) in [7, 11) is -3.25. The Morgan fingerprint density at radius 1 is 1.11 bits per heavy atom. The number of nitrogens with zero attached hydrogens (tertiary/aromatic N) is 1. The van der Waals surface area contributed by atoms with Crippen molar-refractivity contribution in [1.29, 1.82) is 0 Å². The number of rotatable bonds is 12. The zero-order chi connectivity index (χ0) is 20.1. The molecule has 154 valence electrons. The van der Waals surface area contributed by atoms with Gasteiger partial charge >= 0.3 is 0 Å². The summed E-state index contributed by atoms with van der Waals surface area (Å²) in [5.74, 6) is 1.58. The standard InChI is InChI=1S/C20H29N3O4S/c1-2-21-20(22-12-7-14-26-17-18-9-6-15-27-18)23-13-8-16-28(24,25)19-10-4-3-5-11-19/h3-6,9-11,15H,2,7-8,12-14,16-17H2,1H3,(H2,21,22,23). The first-order valence-corrected chi connectivity index (χ1v) is 11.2. The normalized spacial score (nSPS) is 12.1. The van der Waals surface area contributed by atoms with Crippen molar-refractivity contribution in [2.75, 3.05) is 32.0 Å². The van der Waals surface area contributed by atoms with Crippen LogP contribution < -0.4 is 10.6 Å². The summed E-state index contributed by atoms with van der Waals surface area (Å²) in [6, 6.07) is 12.2. The van der Waals surface area contributed by atoms with Gasteiger partial charge in [0.15, 0.2) is 15.8 Å². The van der Waals surface area contributed by atoms with E-state index in [-0.39, 0.29) is 5.75 Å². The van der Waals surface area contributed by atoms with Gasteiger partial charge < -0.3 is 19.8 Å². The lowest BCUT2D eigenvalue weighted by Crippen LogP contribution is -2.38. The number of sulfone groups is 1. The van der Waals surface area contributed by atoms with Crippen molar-refractivity contribution < 1.29 is 17.6 Å². The van der Waals surface area contributed by atoms with Crippen LogP contribution in [0.25, 0.3) is 0 Å². The van der Waals surface area contributed by atoms with Gasteiger partial charge in [-0.25, -0.2) is 8.42 Å². The monoisotopic (exact) mass is 407 g/mol. The van der Waals surface area contributed by atoms with Gasteiger partial charge in [0, 0.05) is 26.2 Å². The first kappa shape index (κ1) is 22.0. The SMILES string of the molecule is CCNC(=NCCCS(=O)(=O)c1ccccc1)NCCCOCc1ccco1. The van der Waals surface area contributed by atoms with E-state index >= 15 is 0 Å². The molecule has 0 aliphatic heterocycles. The number of hydrogen-bond donors (Lipinski definition) is 2. The molecular formula is C20H29N3O4S. The zero-order valence-corrected chi connectivity index (χ0v) is 17.1.